The smallest absolute Gasteiger partial charge is 0.274 e. The molecule has 7 nitrogen and oxygen atoms in total. The first-order valence-corrected chi connectivity index (χ1v) is 7.46. The molecule has 0 aliphatic rings. The Balaban J connectivity index is 2.22. The molecule has 0 fully saturated rings. The zero-order valence-corrected chi connectivity index (χ0v) is 14.5. The van der Waals surface area contributed by atoms with Crippen molar-refractivity contribution in [2.45, 2.75) is 26.3 Å². The maximum Gasteiger partial charge on any atom is 0.274 e. The predicted octanol–water partition coefficient (Wildman–Crippen LogP) is 2.96. The molecule has 7 heteroatoms. The lowest BCUT2D eigenvalue weighted by atomic mass is 10.1. The summed E-state index contributed by atoms with van der Waals surface area (Å²) in [6.45, 7) is 6.03. The number of nitrogens with zero attached hydrogens (tertiary/aromatic N) is 2. The molecule has 0 radical (unpaired) electrons. The minimum absolute atomic E-state index is 0.169. The van der Waals surface area contributed by atoms with E-state index in [4.69, 9.17) is 9.47 Å². The second kappa shape index (κ2) is 7.16. The zero-order valence-electron chi connectivity index (χ0n) is 14.5. The van der Waals surface area contributed by atoms with E-state index in [0.717, 1.165) is 0 Å². The van der Waals surface area contributed by atoms with Crippen molar-refractivity contribution in [3.8, 4) is 11.5 Å². The molecule has 24 heavy (non-hydrogen) atoms. The fraction of sp³-hybridized carbons (Fsp3) is 0.353. The van der Waals surface area contributed by atoms with Crippen LogP contribution in [0.5, 0.6) is 11.5 Å². The van der Waals surface area contributed by atoms with Gasteiger partial charge in [0.15, 0.2) is 0 Å². The Hall–Kier alpha value is -2.83. The number of benzene rings is 1. The highest BCUT2D eigenvalue weighted by Crippen LogP contribution is 2.29. The number of nitrogens with one attached hydrogen (secondary N) is 2. The lowest BCUT2D eigenvalue weighted by Crippen LogP contribution is -2.27. The third-order valence-corrected chi connectivity index (χ3v) is 3.06. The Morgan fingerprint density at radius 2 is 1.83 bits per heavy atom. The fourth-order valence-electron chi connectivity index (χ4n) is 2.03. The van der Waals surface area contributed by atoms with Crippen LogP contribution < -0.4 is 20.1 Å². The first-order chi connectivity index (χ1) is 11.3. The summed E-state index contributed by atoms with van der Waals surface area (Å²) in [7, 11) is 3.09. The van der Waals surface area contributed by atoms with E-state index >= 15 is 0 Å². The lowest BCUT2D eigenvalue weighted by Gasteiger charge is -2.21. The van der Waals surface area contributed by atoms with Gasteiger partial charge in [-0.3, -0.25) is 4.79 Å². The molecule has 1 aromatic heterocycles. The van der Waals surface area contributed by atoms with Gasteiger partial charge in [0.2, 0.25) is 0 Å². The molecule has 0 saturated carbocycles. The van der Waals surface area contributed by atoms with Gasteiger partial charge in [-0.25, -0.2) is 9.97 Å². The molecule has 0 aliphatic heterocycles. The fourth-order valence-corrected chi connectivity index (χ4v) is 2.03. The van der Waals surface area contributed by atoms with Crippen molar-refractivity contribution in [3.05, 3.63) is 36.3 Å². The van der Waals surface area contributed by atoms with Gasteiger partial charge in [0.1, 0.15) is 29.3 Å². The molecule has 0 saturated heterocycles. The molecule has 128 valence electrons. The normalized spacial score (nSPS) is 10.9. The number of anilines is 2. The summed E-state index contributed by atoms with van der Waals surface area (Å²) in [5, 5.41) is 5.99. The van der Waals surface area contributed by atoms with Gasteiger partial charge >= 0.3 is 0 Å². The van der Waals surface area contributed by atoms with Crippen LogP contribution in [0.15, 0.2) is 30.6 Å². The van der Waals surface area contributed by atoms with Gasteiger partial charge in [-0.15, -0.1) is 0 Å². The molecule has 1 amide bonds. The van der Waals surface area contributed by atoms with Crippen molar-refractivity contribution in [3.63, 3.8) is 0 Å². The summed E-state index contributed by atoms with van der Waals surface area (Å²) in [4.78, 5) is 20.6. The highest BCUT2D eigenvalue weighted by molar-refractivity contribution is 6.04. The van der Waals surface area contributed by atoms with Crippen LogP contribution in [-0.2, 0) is 0 Å². The zero-order chi connectivity index (χ0) is 17.7. The van der Waals surface area contributed by atoms with Gasteiger partial charge < -0.3 is 20.1 Å². The van der Waals surface area contributed by atoms with Gasteiger partial charge in [-0.1, -0.05) is 0 Å². The van der Waals surface area contributed by atoms with Crippen LogP contribution in [0.1, 0.15) is 31.3 Å². The van der Waals surface area contributed by atoms with Crippen LogP contribution in [0.3, 0.4) is 0 Å². The summed E-state index contributed by atoms with van der Waals surface area (Å²) in [6, 6.07) is 6.77. The predicted molar refractivity (Wildman–Crippen MR) is 92.9 cm³/mol. The average Bonchev–Trinajstić information content (AvgIpc) is 2.53. The number of rotatable bonds is 5. The molecule has 0 aliphatic carbocycles. The Kier molecular flexibility index (Phi) is 5.23. The van der Waals surface area contributed by atoms with E-state index in [9.17, 15) is 4.79 Å². The highest BCUT2D eigenvalue weighted by Gasteiger charge is 2.15. The number of hydrogen-bond acceptors (Lipinski definition) is 6. The van der Waals surface area contributed by atoms with Gasteiger partial charge in [0.25, 0.3) is 5.91 Å². The third-order valence-electron chi connectivity index (χ3n) is 3.06. The van der Waals surface area contributed by atoms with Crippen molar-refractivity contribution < 1.29 is 14.3 Å². The van der Waals surface area contributed by atoms with Crippen molar-refractivity contribution >= 4 is 17.4 Å². The number of ether oxygens (including phenoxy) is 2. The van der Waals surface area contributed by atoms with Crippen LogP contribution in [0.2, 0.25) is 0 Å². The molecule has 1 heterocycles. The molecular formula is C17H22N4O3. The SMILES string of the molecule is COc1ccc(OC)c(NC(=O)c2cc(NC(C)(C)C)ncn2)c1. The van der Waals surface area contributed by atoms with Gasteiger partial charge in [-0.05, 0) is 32.9 Å². The monoisotopic (exact) mass is 330 g/mol. The van der Waals surface area contributed by atoms with Crippen molar-refractivity contribution in [2.24, 2.45) is 0 Å². The number of carbonyl (C=O) groups is 1. The van der Waals surface area contributed by atoms with Gasteiger partial charge in [0, 0.05) is 17.7 Å². The lowest BCUT2D eigenvalue weighted by molar-refractivity contribution is 0.102. The molecule has 0 atom stereocenters. The summed E-state index contributed by atoms with van der Waals surface area (Å²) >= 11 is 0. The van der Waals surface area contributed by atoms with Crippen LogP contribution in [0.4, 0.5) is 11.5 Å². The molecule has 2 rings (SSSR count). The number of methoxy groups -OCH3 is 2. The van der Waals surface area contributed by atoms with Crippen LogP contribution in [0.25, 0.3) is 0 Å². The maximum atomic E-state index is 12.5. The molecule has 2 N–H and O–H groups in total. The van der Waals surface area contributed by atoms with Crippen LogP contribution in [-0.4, -0.2) is 35.6 Å². The standard InChI is InChI=1S/C17H22N4O3/c1-17(2,3)21-15-9-13(18-10-19-15)16(22)20-12-8-11(23-4)6-7-14(12)24-5/h6-10H,1-5H3,(H,20,22)(H,18,19,21). The first-order valence-electron chi connectivity index (χ1n) is 7.46. The Morgan fingerprint density at radius 1 is 1.08 bits per heavy atom. The summed E-state index contributed by atoms with van der Waals surface area (Å²) < 4.78 is 10.4. The number of amides is 1. The van der Waals surface area contributed by atoms with E-state index in [1.807, 2.05) is 20.8 Å². The third kappa shape index (κ3) is 4.58. The Morgan fingerprint density at radius 3 is 2.46 bits per heavy atom. The van der Waals surface area contributed by atoms with Gasteiger partial charge in [0.05, 0.1) is 19.9 Å². The van der Waals surface area contributed by atoms with E-state index in [0.29, 0.717) is 23.0 Å². The highest BCUT2D eigenvalue weighted by atomic mass is 16.5. The summed E-state index contributed by atoms with van der Waals surface area (Å²) in [5.74, 6) is 1.37. The minimum Gasteiger partial charge on any atom is -0.497 e. The van der Waals surface area contributed by atoms with E-state index < -0.39 is 0 Å². The quantitative estimate of drug-likeness (QED) is 0.877. The minimum atomic E-state index is -0.360. The van der Waals surface area contributed by atoms with Crippen molar-refractivity contribution in [2.75, 3.05) is 24.9 Å². The molecule has 1 aromatic carbocycles. The summed E-state index contributed by atoms with van der Waals surface area (Å²) in [6.07, 6.45) is 1.35. The molecule has 0 spiro atoms. The molecular weight excluding hydrogens is 308 g/mol. The van der Waals surface area contributed by atoms with Crippen LogP contribution in [0, 0.1) is 0 Å². The van der Waals surface area contributed by atoms with Crippen LogP contribution >= 0.6 is 0 Å². The Labute approximate surface area is 141 Å². The van der Waals surface area contributed by atoms with Crippen molar-refractivity contribution in [1.82, 2.24) is 9.97 Å². The van der Waals surface area contributed by atoms with E-state index in [1.54, 1.807) is 31.4 Å². The number of carbonyl (C=O) groups excluding carboxylic acids is 1. The second-order valence-corrected chi connectivity index (χ2v) is 6.18. The average molecular weight is 330 g/mol. The van der Waals surface area contributed by atoms with E-state index in [1.165, 1.54) is 13.4 Å². The summed E-state index contributed by atoms with van der Waals surface area (Å²) in [5.41, 5.74) is 0.588. The molecule has 2 aromatic rings. The van der Waals surface area contributed by atoms with E-state index in [2.05, 4.69) is 20.6 Å². The molecule has 0 bridgehead atoms. The van der Waals surface area contributed by atoms with E-state index in [-0.39, 0.29) is 17.1 Å². The number of aromatic nitrogens is 2. The topological polar surface area (TPSA) is 85.4 Å². The first kappa shape index (κ1) is 17.5. The maximum absolute atomic E-state index is 12.5. The van der Waals surface area contributed by atoms with Gasteiger partial charge in [-0.2, -0.15) is 0 Å². The largest absolute Gasteiger partial charge is 0.497 e. The Bertz CT molecular complexity index is 726. The molecule has 0 unspecified atom stereocenters. The number of hydrogen-bond donors (Lipinski definition) is 2. The van der Waals surface area contributed by atoms with Crippen molar-refractivity contribution in [1.29, 1.82) is 0 Å². The second-order valence-electron chi connectivity index (χ2n) is 6.18.